The molecule has 0 radical (unpaired) electrons. The van der Waals surface area contributed by atoms with Gasteiger partial charge in [-0.15, -0.1) is 0 Å². The van der Waals surface area contributed by atoms with E-state index in [0.717, 1.165) is 67.0 Å². The molecule has 0 bridgehead atoms. The van der Waals surface area contributed by atoms with Crippen LogP contribution in [0.1, 0.15) is 54.2 Å². The van der Waals surface area contributed by atoms with Crippen LogP contribution in [0.25, 0.3) is 0 Å². The molecule has 1 saturated heterocycles. The van der Waals surface area contributed by atoms with E-state index in [1.165, 1.54) is 12.8 Å². The molecule has 138 valence electrons. The number of hydrogen-bond acceptors (Lipinski definition) is 6. The Morgan fingerprint density at radius 2 is 1.69 bits per heavy atom. The first-order valence-electron chi connectivity index (χ1n) is 9.61. The predicted molar refractivity (Wildman–Crippen MR) is 101 cm³/mol. The zero-order chi connectivity index (χ0) is 18.1. The van der Waals surface area contributed by atoms with Crippen LogP contribution in [0.5, 0.6) is 5.88 Å². The highest BCUT2D eigenvalue weighted by Gasteiger charge is 2.28. The standard InChI is InChI=1S/C20H27N5O/c1-13-10-21-20(22-11-13)25-8-6-16(7-9-25)12-26-19-14(2)15(3)23-18(24-19)17-4-5-17/h10-11,16-17H,4-9,12H2,1-3H3. The van der Waals surface area contributed by atoms with Crippen LogP contribution in [0.3, 0.4) is 0 Å². The quantitative estimate of drug-likeness (QED) is 0.821. The molecule has 3 heterocycles. The highest BCUT2D eigenvalue weighted by atomic mass is 16.5. The number of ether oxygens (including phenoxy) is 1. The van der Waals surface area contributed by atoms with Crippen LogP contribution < -0.4 is 9.64 Å². The van der Waals surface area contributed by atoms with E-state index in [-0.39, 0.29) is 0 Å². The molecule has 2 fully saturated rings. The topological polar surface area (TPSA) is 64.0 Å². The summed E-state index contributed by atoms with van der Waals surface area (Å²) in [5.74, 6) is 3.69. The minimum Gasteiger partial charge on any atom is -0.477 e. The lowest BCUT2D eigenvalue weighted by atomic mass is 9.98. The Balaban J connectivity index is 1.33. The Labute approximate surface area is 155 Å². The number of piperidine rings is 1. The summed E-state index contributed by atoms with van der Waals surface area (Å²) in [6.07, 6.45) is 8.37. The van der Waals surface area contributed by atoms with Crippen LogP contribution in [0.2, 0.25) is 0 Å². The van der Waals surface area contributed by atoms with E-state index in [1.807, 2.05) is 19.3 Å². The number of anilines is 1. The lowest BCUT2D eigenvalue weighted by Gasteiger charge is -2.31. The van der Waals surface area contributed by atoms with Crippen molar-refractivity contribution in [2.45, 2.75) is 52.4 Å². The minimum atomic E-state index is 0.550. The van der Waals surface area contributed by atoms with Crippen LogP contribution in [0.15, 0.2) is 12.4 Å². The van der Waals surface area contributed by atoms with Crippen molar-refractivity contribution in [3.05, 3.63) is 35.0 Å². The molecule has 0 atom stereocenters. The number of aromatic nitrogens is 4. The molecule has 0 aromatic carbocycles. The SMILES string of the molecule is Cc1cnc(N2CCC(COc3nc(C4CC4)nc(C)c3C)CC2)nc1. The summed E-state index contributed by atoms with van der Waals surface area (Å²) in [5.41, 5.74) is 3.21. The summed E-state index contributed by atoms with van der Waals surface area (Å²) in [5, 5.41) is 0. The fraction of sp³-hybridized carbons (Fsp3) is 0.600. The molecule has 1 aliphatic carbocycles. The molecule has 6 nitrogen and oxygen atoms in total. The first-order chi connectivity index (χ1) is 12.6. The Hall–Kier alpha value is -2.24. The lowest BCUT2D eigenvalue weighted by Crippen LogP contribution is -2.36. The molecule has 0 amide bonds. The van der Waals surface area contributed by atoms with Gasteiger partial charge in [-0.25, -0.2) is 15.0 Å². The third-order valence-electron chi connectivity index (χ3n) is 5.42. The third kappa shape index (κ3) is 3.79. The van der Waals surface area contributed by atoms with Crippen molar-refractivity contribution in [2.24, 2.45) is 5.92 Å². The van der Waals surface area contributed by atoms with Crippen LogP contribution >= 0.6 is 0 Å². The monoisotopic (exact) mass is 353 g/mol. The Morgan fingerprint density at radius 3 is 2.35 bits per heavy atom. The van der Waals surface area contributed by atoms with Crippen LogP contribution in [0, 0.1) is 26.7 Å². The fourth-order valence-electron chi connectivity index (χ4n) is 3.33. The molecule has 0 spiro atoms. The van der Waals surface area contributed by atoms with E-state index < -0.39 is 0 Å². The van der Waals surface area contributed by atoms with E-state index in [9.17, 15) is 0 Å². The summed E-state index contributed by atoms with van der Waals surface area (Å²) >= 11 is 0. The fourth-order valence-corrected chi connectivity index (χ4v) is 3.33. The van der Waals surface area contributed by atoms with Gasteiger partial charge in [-0.3, -0.25) is 0 Å². The van der Waals surface area contributed by atoms with Gasteiger partial charge in [-0.05, 0) is 57.9 Å². The molecular formula is C20H27N5O. The number of nitrogens with zero attached hydrogens (tertiary/aromatic N) is 5. The Morgan fingerprint density at radius 1 is 1.00 bits per heavy atom. The first kappa shape index (κ1) is 17.2. The third-order valence-corrected chi connectivity index (χ3v) is 5.42. The average molecular weight is 353 g/mol. The van der Waals surface area contributed by atoms with Crippen LogP contribution in [-0.4, -0.2) is 39.6 Å². The van der Waals surface area contributed by atoms with Gasteiger partial charge < -0.3 is 9.64 Å². The average Bonchev–Trinajstić information content (AvgIpc) is 3.49. The van der Waals surface area contributed by atoms with Crippen molar-refractivity contribution >= 4 is 5.95 Å². The normalized spacial score (nSPS) is 18.2. The van der Waals surface area contributed by atoms with Crippen molar-refractivity contribution in [1.29, 1.82) is 0 Å². The van der Waals surface area contributed by atoms with E-state index in [0.29, 0.717) is 11.8 Å². The predicted octanol–water partition coefficient (Wildman–Crippen LogP) is 3.36. The second-order valence-electron chi connectivity index (χ2n) is 7.67. The van der Waals surface area contributed by atoms with Gasteiger partial charge in [0.05, 0.1) is 6.61 Å². The van der Waals surface area contributed by atoms with Gasteiger partial charge in [-0.1, -0.05) is 0 Å². The molecule has 0 unspecified atom stereocenters. The van der Waals surface area contributed by atoms with Gasteiger partial charge in [-0.2, -0.15) is 4.98 Å². The second-order valence-corrected chi connectivity index (χ2v) is 7.67. The molecule has 2 aromatic rings. The minimum absolute atomic E-state index is 0.550. The highest BCUT2D eigenvalue weighted by Crippen LogP contribution is 2.39. The molecule has 26 heavy (non-hydrogen) atoms. The number of aryl methyl sites for hydroxylation is 2. The molecule has 1 saturated carbocycles. The van der Waals surface area contributed by atoms with Gasteiger partial charge in [0, 0.05) is 42.7 Å². The van der Waals surface area contributed by atoms with E-state index in [2.05, 4.69) is 38.7 Å². The highest BCUT2D eigenvalue weighted by molar-refractivity contribution is 5.31. The van der Waals surface area contributed by atoms with E-state index >= 15 is 0 Å². The van der Waals surface area contributed by atoms with Crippen molar-refractivity contribution in [3.8, 4) is 5.88 Å². The van der Waals surface area contributed by atoms with E-state index in [1.54, 1.807) is 0 Å². The number of rotatable bonds is 5. The molecule has 2 aliphatic rings. The molecule has 6 heteroatoms. The van der Waals surface area contributed by atoms with Crippen LogP contribution in [0.4, 0.5) is 5.95 Å². The molecule has 2 aromatic heterocycles. The van der Waals surface area contributed by atoms with Gasteiger partial charge in [0.2, 0.25) is 11.8 Å². The molecule has 1 aliphatic heterocycles. The Bertz CT molecular complexity index is 765. The Kier molecular flexibility index (Phi) is 4.74. The maximum atomic E-state index is 6.13. The zero-order valence-electron chi connectivity index (χ0n) is 15.9. The zero-order valence-corrected chi connectivity index (χ0v) is 15.9. The summed E-state index contributed by atoms with van der Waals surface area (Å²) in [6, 6.07) is 0. The van der Waals surface area contributed by atoms with Crippen molar-refractivity contribution < 1.29 is 4.74 Å². The van der Waals surface area contributed by atoms with Gasteiger partial charge in [0.15, 0.2) is 0 Å². The molecule has 4 rings (SSSR count). The molecular weight excluding hydrogens is 326 g/mol. The smallest absolute Gasteiger partial charge is 0.225 e. The van der Waals surface area contributed by atoms with Crippen molar-refractivity contribution in [1.82, 2.24) is 19.9 Å². The summed E-state index contributed by atoms with van der Waals surface area (Å²) in [4.78, 5) is 20.5. The summed E-state index contributed by atoms with van der Waals surface area (Å²) in [7, 11) is 0. The van der Waals surface area contributed by atoms with Gasteiger partial charge >= 0.3 is 0 Å². The number of hydrogen-bond donors (Lipinski definition) is 0. The van der Waals surface area contributed by atoms with Crippen LogP contribution in [-0.2, 0) is 0 Å². The van der Waals surface area contributed by atoms with Gasteiger partial charge in [0.25, 0.3) is 0 Å². The second kappa shape index (κ2) is 7.17. The summed E-state index contributed by atoms with van der Waals surface area (Å²) in [6.45, 7) is 8.80. The maximum Gasteiger partial charge on any atom is 0.225 e. The molecule has 0 N–H and O–H groups in total. The summed E-state index contributed by atoms with van der Waals surface area (Å²) < 4.78 is 6.13. The van der Waals surface area contributed by atoms with Crippen molar-refractivity contribution in [2.75, 3.05) is 24.6 Å². The van der Waals surface area contributed by atoms with Crippen molar-refractivity contribution in [3.63, 3.8) is 0 Å². The lowest BCUT2D eigenvalue weighted by molar-refractivity contribution is 0.213. The first-order valence-corrected chi connectivity index (χ1v) is 9.61. The largest absolute Gasteiger partial charge is 0.477 e. The maximum absolute atomic E-state index is 6.13. The van der Waals surface area contributed by atoms with E-state index in [4.69, 9.17) is 4.74 Å². The van der Waals surface area contributed by atoms with Gasteiger partial charge in [0.1, 0.15) is 5.82 Å².